The second kappa shape index (κ2) is 6.13. The molecule has 0 saturated carbocycles. The zero-order valence-corrected chi connectivity index (χ0v) is 11.9. The number of imide groups is 1. The molecule has 6 heteroatoms. The highest BCUT2D eigenvalue weighted by Crippen LogP contribution is 2.27. The number of carbonyl (C=O) groups is 2. The molecule has 112 valence electrons. The molecule has 0 unspecified atom stereocenters. The minimum atomic E-state index is -0.341. The van der Waals surface area contributed by atoms with Crippen LogP contribution in [0, 0.1) is 0 Å². The lowest BCUT2D eigenvalue weighted by Gasteiger charge is -2.32. The van der Waals surface area contributed by atoms with Crippen LogP contribution in [0.2, 0.25) is 0 Å². The number of amides is 2. The smallest absolute Gasteiger partial charge is 0.249 e. The van der Waals surface area contributed by atoms with Crippen molar-refractivity contribution in [2.75, 3.05) is 36.4 Å². The summed E-state index contributed by atoms with van der Waals surface area (Å²) in [6.45, 7) is 3.83. The van der Waals surface area contributed by atoms with Gasteiger partial charge in [-0.15, -0.1) is 0 Å². The molecule has 21 heavy (non-hydrogen) atoms. The zero-order valence-electron chi connectivity index (χ0n) is 11.9. The Bertz CT molecular complexity index is 540. The normalized spacial score (nSPS) is 22.9. The fourth-order valence-electron chi connectivity index (χ4n) is 2.80. The number of piperazine rings is 1. The predicted molar refractivity (Wildman–Crippen MR) is 81.3 cm³/mol. The van der Waals surface area contributed by atoms with Gasteiger partial charge in [-0.2, -0.15) is 0 Å². The fourth-order valence-corrected chi connectivity index (χ4v) is 2.80. The molecule has 2 fully saturated rings. The van der Waals surface area contributed by atoms with E-state index in [1.54, 1.807) is 0 Å². The van der Waals surface area contributed by atoms with Gasteiger partial charge >= 0.3 is 0 Å². The molecule has 0 aliphatic carbocycles. The number of rotatable bonds is 3. The first kappa shape index (κ1) is 13.9. The molecular weight excluding hydrogens is 268 g/mol. The molecule has 1 aromatic carbocycles. The lowest BCUT2D eigenvalue weighted by atomic mass is 10.1. The van der Waals surface area contributed by atoms with E-state index in [1.807, 2.05) is 18.2 Å². The van der Waals surface area contributed by atoms with Crippen molar-refractivity contribution in [2.45, 2.75) is 18.9 Å². The molecule has 1 aromatic rings. The number of carbonyl (C=O) groups excluding carboxylic acids is 2. The van der Waals surface area contributed by atoms with Gasteiger partial charge in [0.1, 0.15) is 6.04 Å². The summed E-state index contributed by atoms with van der Waals surface area (Å²) in [7, 11) is 0. The third kappa shape index (κ3) is 3.16. The van der Waals surface area contributed by atoms with Crippen LogP contribution < -0.4 is 20.9 Å². The first-order valence-corrected chi connectivity index (χ1v) is 7.39. The fraction of sp³-hybridized carbons (Fsp3) is 0.467. The largest absolute Gasteiger partial charge is 0.372 e. The Kier molecular flexibility index (Phi) is 4.06. The minimum absolute atomic E-state index is 0.187. The maximum absolute atomic E-state index is 11.9. The second-order valence-corrected chi connectivity index (χ2v) is 5.40. The van der Waals surface area contributed by atoms with Gasteiger partial charge in [-0.25, -0.2) is 0 Å². The first-order valence-electron chi connectivity index (χ1n) is 7.39. The summed E-state index contributed by atoms with van der Waals surface area (Å²) in [5.41, 5.74) is 2.07. The lowest BCUT2D eigenvalue weighted by molar-refractivity contribution is -0.133. The number of anilines is 2. The van der Waals surface area contributed by atoms with Crippen LogP contribution >= 0.6 is 0 Å². The van der Waals surface area contributed by atoms with Gasteiger partial charge in [0, 0.05) is 32.6 Å². The Hall–Kier alpha value is -2.08. The monoisotopic (exact) mass is 288 g/mol. The van der Waals surface area contributed by atoms with Crippen LogP contribution in [-0.4, -0.2) is 44.0 Å². The van der Waals surface area contributed by atoms with E-state index in [4.69, 9.17) is 0 Å². The van der Waals surface area contributed by atoms with Crippen molar-refractivity contribution in [3.8, 4) is 0 Å². The van der Waals surface area contributed by atoms with Gasteiger partial charge in [0.05, 0.1) is 11.4 Å². The molecule has 6 nitrogen and oxygen atoms in total. The van der Waals surface area contributed by atoms with Crippen molar-refractivity contribution in [1.29, 1.82) is 0 Å². The summed E-state index contributed by atoms with van der Waals surface area (Å²) in [5, 5.41) is 9.01. The molecule has 2 saturated heterocycles. The maximum atomic E-state index is 11.9. The van der Waals surface area contributed by atoms with Gasteiger partial charge in [0.15, 0.2) is 0 Å². The molecule has 3 rings (SSSR count). The molecule has 2 amide bonds. The van der Waals surface area contributed by atoms with E-state index >= 15 is 0 Å². The number of hydrogen-bond acceptors (Lipinski definition) is 5. The van der Waals surface area contributed by atoms with Crippen LogP contribution in [-0.2, 0) is 9.59 Å². The van der Waals surface area contributed by atoms with Crippen LogP contribution in [0.3, 0.4) is 0 Å². The van der Waals surface area contributed by atoms with Crippen LogP contribution in [0.4, 0.5) is 11.4 Å². The van der Waals surface area contributed by atoms with Crippen LogP contribution in [0.1, 0.15) is 12.8 Å². The van der Waals surface area contributed by atoms with Crippen molar-refractivity contribution >= 4 is 23.2 Å². The summed E-state index contributed by atoms with van der Waals surface area (Å²) in [4.78, 5) is 25.4. The first-order chi connectivity index (χ1) is 10.2. The van der Waals surface area contributed by atoms with Gasteiger partial charge in [-0.3, -0.25) is 14.9 Å². The van der Waals surface area contributed by atoms with Gasteiger partial charge < -0.3 is 15.5 Å². The van der Waals surface area contributed by atoms with Crippen LogP contribution in [0.15, 0.2) is 24.3 Å². The zero-order chi connectivity index (χ0) is 14.7. The van der Waals surface area contributed by atoms with E-state index in [2.05, 4.69) is 26.9 Å². The number of piperidine rings is 1. The molecule has 0 aromatic heterocycles. The van der Waals surface area contributed by atoms with Crippen molar-refractivity contribution in [1.82, 2.24) is 10.6 Å². The topological polar surface area (TPSA) is 73.5 Å². The van der Waals surface area contributed by atoms with E-state index in [9.17, 15) is 9.59 Å². The van der Waals surface area contributed by atoms with E-state index in [-0.39, 0.29) is 17.9 Å². The van der Waals surface area contributed by atoms with Crippen LogP contribution in [0.25, 0.3) is 0 Å². The van der Waals surface area contributed by atoms with Crippen LogP contribution in [0.5, 0.6) is 0 Å². The molecule has 0 radical (unpaired) electrons. The van der Waals surface area contributed by atoms with Crippen molar-refractivity contribution in [3.05, 3.63) is 24.3 Å². The summed E-state index contributed by atoms with van der Waals surface area (Å²) < 4.78 is 0. The molecule has 3 N–H and O–H groups in total. The third-order valence-electron chi connectivity index (χ3n) is 3.93. The van der Waals surface area contributed by atoms with E-state index in [0.717, 1.165) is 37.6 Å². The highest BCUT2D eigenvalue weighted by Gasteiger charge is 2.27. The van der Waals surface area contributed by atoms with Gasteiger partial charge in [0.25, 0.3) is 0 Å². The molecule has 0 bridgehead atoms. The maximum Gasteiger partial charge on any atom is 0.249 e. The van der Waals surface area contributed by atoms with E-state index < -0.39 is 0 Å². The average molecular weight is 288 g/mol. The highest BCUT2D eigenvalue weighted by molar-refractivity contribution is 6.01. The Morgan fingerprint density at radius 3 is 2.67 bits per heavy atom. The van der Waals surface area contributed by atoms with E-state index in [1.165, 1.54) is 0 Å². The molecule has 2 aliphatic heterocycles. The molecule has 1 atom stereocenters. The second-order valence-electron chi connectivity index (χ2n) is 5.40. The van der Waals surface area contributed by atoms with E-state index in [0.29, 0.717) is 12.8 Å². The predicted octanol–water partition coefficient (Wildman–Crippen LogP) is 0.313. The number of benzene rings is 1. The summed E-state index contributed by atoms with van der Waals surface area (Å²) >= 11 is 0. The molecule has 2 aliphatic rings. The standard InChI is InChI=1S/C15H20N4O2/c20-14-6-5-12(15(21)18-14)17-11-3-1-2-4-13(11)19-9-7-16-8-10-19/h1-4,12,16-17H,5-10H2,(H,18,20,21)/t12-/m0/s1. The summed E-state index contributed by atoms with van der Waals surface area (Å²) in [5.74, 6) is -0.421. The molecule has 0 spiro atoms. The Morgan fingerprint density at radius 1 is 1.14 bits per heavy atom. The van der Waals surface area contributed by atoms with Crippen molar-refractivity contribution in [2.24, 2.45) is 0 Å². The number of para-hydroxylation sites is 2. The quantitative estimate of drug-likeness (QED) is 0.698. The number of nitrogens with zero attached hydrogens (tertiary/aromatic N) is 1. The Labute approximate surface area is 123 Å². The average Bonchev–Trinajstić information content (AvgIpc) is 2.51. The minimum Gasteiger partial charge on any atom is -0.372 e. The third-order valence-corrected chi connectivity index (χ3v) is 3.93. The summed E-state index contributed by atoms with van der Waals surface area (Å²) in [6.07, 6.45) is 0.930. The SMILES string of the molecule is O=C1CC[C@H](Nc2ccccc2N2CCNCC2)C(=O)N1. The Morgan fingerprint density at radius 2 is 1.90 bits per heavy atom. The lowest BCUT2D eigenvalue weighted by Crippen LogP contribution is -2.48. The highest BCUT2D eigenvalue weighted by atomic mass is 16.2. The molecule has 2 heterocycles. The Balaban J connectivity index is 1.75. The van der Waals surface area contributed by atoms with Gasteiger partial charge in [0.2, 0.25) is 11.8 Å². The number of hydrogen-bond donors (Lipinski definition) is 3. The van der Waals surface area contributed by atoms with Crippen molar-refractivity contribution < 1.29 is 9.59 Å². The summed E-state index contributed by atoms with van der Waals surface area (Å²) in [6, 6.07) is 7.68. The number of nitrogens with one attached hydrogen (secondary N) is 3. The van der Waals surface area contributed by atoms with Gasteiger partial charge in [-0.1, -0.05) is 12.1 Å². The van der Waals surface area contributed by atoms with Gasteiger partial charge in [-0.05, 0) is 18.6 Å². The molecular formula is C15H20N4O2. The van der Waals surface area contributed by atoms with Crippen molar-refractivity contribution in [3.63, 3.8) is 0 Å².